The summed E-state index contributed by atoms with van der Waals surface area (Å²) in [6, 6.07) is 13.8. The Hall–Kier alpha value is -3.37. The van der Waals surface area contributed by atoms with Crippen LogP contribution in [0.3, 0.4) is 0 Å². The minimum Gasteiger partial charge on any atom is -0.497 e. The van der Waals surface area contributed by atoms with Crippen LogP contribution >= 0.6 is 0 Å². The number of hydrogen-bond acceptors (Lipinski definition) is 3. The first-order chi connectivity index (χ1) is 13.1. The molecule has 0 aromatic heterocycles. The number of amides is 1. The molecule has 2 aromatic carbocycles. The number of allylic oxidation sites excluding steroid dienone is 5. The molecule has 0 saturated carbocycles. The van der Waals surface area contributed by atoms with E-state index in [1.165, 1.54) is 6.08 Å². The van der Waals surface area contributed by atoms with E-state index >= 15 is 0 Å². The first kappa shape index (κ1) is 19.9. The van der Waals surface area contributed by atoms with Crippen LogP contribution in [0, 0.1) is 0 Å². The third-order valence-electron chi connectivity index (χ3n) is 4.04. The monoisotopic (exact) mass is 361 g/mol. The van der Waals surface area contributed by atoms with E-state index in [9.17, 15) is 4.79 Å². The third-order valence-corrected chi connectivity index (χ3v) is 4.04. The highest BCUT2D eigenvalue weighted by molar-refractivity contribution is 5.92. The molecule has 0 unspecified atom stereocenters. The van der Waals surface area contributed by atoms with Crippen LogP contribution in [0.5, 0.6) is 5.75 Å². The van der Waals surface area contributed by atoms with Crippen LogP contribution in [0.2, 0.25) is 0 Å². The van der Waals surface area contributed by atoms with Gasteiger partial charge >= 0.3 is 0 Å². The first-order valence-electron chi connectivity index (χ1n) is 8.49. The molecule has 0 radical (unpaired) electrons. The van der Waals surface area contributed by atoms with Crippen molar-refractivity contribution in [1.82, 2.24) is 5.48 Å². The molecule has 0 saturated heterocycles. The van der Waals surface area contributed by atoms with Gasteiger partial charge in [-0.05, 0) is 53.0 Å². The lowest BCUT2D eigenvalue weighted by Gasteiger charge is -2.11. The summed E-state index contributed by atoms with van der Waals surface area (Å²) in [4.78, 5) is 11.3. The maximum absolute atomic E-state index is 11.3. The molecular formula is C23H23NO3. The van der Waals surface area contributed by atoms with Gasteiger partial charge in [0.25, 0.3) is 5.91 Å². The molecule has 0 aliphatic carbocycles. The average Bonchev–Trinajstić information content (AvgIpc) is 2.72. The van der Waals surface area contributed by atoms with E-state index in [-0.39, 0.29) is 0 Å². The number of carbonyl (C=O) groups is 1. The van der Waals surface area contributed by atoms with Crippen LogP contribution in [-0.4, -0.2) is 18.2 Å². The van der Waals surface area contributed by atoms with E-state index in [1.54, 1.807) is 24.7 Å². The van der Waals surface area contributed by atoms with Gasteiger partial charge in [-0.2, -0.15) is 0 Å². The molecule has 1 amide bonds. The van der Waals surface area contributed by atoms with Gasteiger partial charge in [0.15, 0.2) is 0 Å². The number of methoxy groups -OCH3 is 1. The average molecular weight is 361 g/mol. The van der Waals surface area contributed by atoms with Gasteiger partial charge in [-0.1, -0.05) is 61.2 Å². The number of hydroxylamine groups is 1. The lowest BCUT2D eigenvalue weighted by atomic mass is 9.96. The van der Waals surface area contributed by atoms with E-state index < -0.39 is 5.91 Å². The van der Waals surface area contributed by atoms with E-state index in [4.69, 9.17) is 9.94 Å². The normalized spacial score (nSPS) is 11.7. The van der Waals surface area contributed by atoms with Crippen molar-refractivity contribution in [3.63, 3.8) is 0 Å². The second-order valence-electron chi connectivity index (χ2n) is 5.68. The van der Waals surface area contributed by atoms with Crippen LogP contribution in [0.1, 0.15) is 18.1 Å². The van der Waals surface area contributed by atoms with Crippen molar-refractivity contribution in [2.45, 2.75) is 6.92 Å². The highest BCUT2D eigenvalue weighted by Gasteiger charge is 2.07. The Labute approximate surface area is 159 Å². The van der Waals surface area contributed by atoms with Gasteiger partial charge in [0.05, 0.1) is 7.11 Å². The van der Waals surface area contributed by atoms with Crippen LogP contribution in [0.15, 0.2) is 79.4 Å². The number of ether oxygens (including phenoxy) is 1. The van der Waals surface area contributed by atoms with Crippen molar-refractivity contribution in [3.05, 3.63) is 90.6 Å². The lowest BCUT2D eigenvalue weighted by Crippen LogP contribution is -2.14. The molecule has 0 heterocycles. The summed E-state index contributed by atoms with van der Waals surface area (Å²) in [5, 5.41) is 8.66. The molecule has 0 aliphatic heterocycles. The van der Waals surface area contributed by atoms with Gasteiger partial charge in [-0.25, -0.2) is 5.48 Å². The number of carbonyl (C=O) groups excluding carboxylic acids is 1. The molecule has 2 aromatic rings. The van der Waals surface area contributed by atoms with Gasteiger partial charge in [0.2, 0.25) is 0 Å². The molecule has 27 heavy (non-hydrogen) atoms. The predicted octanol–water partition coefficient (Wildman–Crippen LogP) is 5.03. The first-order valence-corrected chi connectivity index (χ1v) is 8.49. The Bertz CT molecular complexity index is 890. The van der Waals surface area contributed by atoms with Gasteiger partial charge < -0.3 is 4.74 Å². The van der Waals surface area contributed by atoms with Crippen LogP contribution in [0.4, 0.5) is 0 Å². The third kappa shape index (κ3) is 5.30. The van der Waals surface area contributed by atoms with Crippen molar-refractivity contribution >= 4 is 17.6 Å². The highest BCUT2D eigenvalue weighted by Crippen LogP contribution is 2.30. The van der Waals surface area contributed by atoms with Gasteiger partial charge in [-0.3, -0.25) is 10.0 Å². The minimum atomic E-state index is -0.584. The Morgan fingerprint density at radius 3 is 2.48 bits per heavy atom. The van der Waals surface area contributed by atoms with Gasteiger partial charge in [0, 0.05) is 6.08 Å². The van der Waals surface area contributed by atoms with Crippen LogP contribution in [-0.2, 0) is 4.79 Å². The standard InChI is InChI=1S/C23H23NO3/c1-4-6-7-17(5-2)18-8-10-19(11-9-18)22-16-21(27-3)14-12-20(22)13-15-23(25)24-26/h4-16,26H,1H2,2-3H3,(H,24,25). The Morgan fingerprint density at radius 2 is 1.89 bits per heavy atom. The number of rotatable bonds is 7. The number of hydrogen-bond donors (Lipinski definition) is 2. The summed E-state index contributed by atoms with van der Waals surface area (Å²) >= 11 is 0. The molecule has 4 heteroatoms. The Morgan fingerprint density at radius 1 is 1.15 bits per heavy atom. The fourth-order valence-electron chi connectivity index (χ4n) is 2.63. The van der Waals surface area contributed by atoms with E-state index in [1.807, 2.05) is 67.6 Å². The zero-order valence-electron chi connectivity index (χ0n) is 15.5. The smallest absolute Gasteiger partial charge is 0.267 e. The molecule has 138 valence electrons. The molecule has 0 aliphatic rings. The highest BCUT2D eigenvalue weighted by atomic mass is 16.5. The second kappa shape index (κ2) is 9.94. The fraction of sp³-hybridized carbons (Fsp3) is 0.0870. The van der Waals surface area contributed by atoms with Gasteiger partial charge in [0.1, 0.15) is 5.75 Å². The summed E-state index contributed by atoms with van der Waals surface area (Å²) in [6.45, 7) is 5.69. The van der Waals surface area contributed by atoms with E-state index in [0.717, 1.165) is 33.6 Å². The lowest BCUT2D eigenvalue weighted by molar-refractivity contribution is -0.124. The maximum Gasteiger partial charge on any atom is 0.267 e. The molecule has 4 nitrogen and oxygen atoms in total. The van der Waals surface area contributed by atoms with E-state index in [0.29, 0.717) is 0 Å². The second-order valence-corrected chi connectivity index (χ2v) is 5.68. The number of nitrogens with one attached hydrogen (secondary N) is 1. The molecule has 0 atom stereocenters. The van der Waals surface area contributed by atoms with Crippen LogP contribution < -0.4 is 10.2 Å². The summed E-state index contributed by atoms with van der Waals surface area (Å²) in [5.41, 5.74) is 6.54. The van der Waals surface area contributed by atoms with Crippen molar-refractivity contribution in [1.29, 1.82) is 0 Å². The fourth-order valence-corrected chi connectivity index (χ4v) is 2.63. The molecule has 0 bridgehead atoms. The van der Waals surface area contributed by atoms with Crippen molar-refractivity contribution in [2.75, 3.05) is 7.11 Å². The predicted molar refractivity (Wildman–Crippen MR) is 110 cm³/mol. The summed E-state index contributed by atoms with van der Waals surface area (Å²) in [6.07, 6.45) is 10.6. The molecule has 2 N–H and O–H groups in total. The number of benzene rings is 2. The largest absolute Gasteiger partial charge is 0.497 e. The molecule has 0 fully saturated rings. The minimum absolute atomic E-state index is 0.584. The Kier molecular flexibility index (Phi) is 7.35. The van der Waals surface area contributed by atoms with Gasteiger partial charge in [-0.15, -0.1) is 0 Å². The molecule has 0 spiro atoms. The quantitative estimate of drug-likeness (QED) is 0.315. The Balaban J connectivity index is 2.44. The zero-order chi connectivity index (χ0) is 19.6. The molecular weight excluding hydrogens is 338 g/mol. The van der Waals surface area contributed by atoms with Crippen molar-refractivity contribution < 1.29 is 14.7 Å². The SMILES string of the molecule is C=CC=CC(=CC)c1ccc(-c2cc(OC)ccc2C=CC(=O)NO)cc1. The maximum atomic E-state index is 11.3. The summed E-state index contributed by atoms with van der Waals surface area (Å²) in [5.74, 6) is 0.139. The topological polar surface area (TPSA) is 58.6 Å². The summed E-state index contributed by atoms with van der Waals surface area (Å²) in [7, 11) is 1.61. The summed E-state index contributed by atoms with van der Waals surface area (Å²) < 4.78 is 5.33. The van der Waals surface area contributed by atoms with Crippen LogP contribution in [0.25, 0.3) is 22.8 Å². The van der Waals surface area contributed by atoms with Crippen molar-refractivity contribution in [2.24, 2.45) is 0 Å². The zero-order valence-corrected chi connectivity index (χ0v) is 15.5. The van der Waals surface area contributed by atoms with E-state index in [2.05, 4.69) is 6.58 Å². The molecule has 2 rings (SSSR count). The van der Waals surface area contributed by atoms with Crippen molar-refractivity contribution in [3.8, 4) is 16.9 Å².